The number of carbonyl (C=O) groups excluding carboxylic acids is 1. The van der Waals surface area contributed by atoms with Crippen molar-refractivity contribution in [2.24, 2.45) is 5.73 Å². The predicted octanol–water partition coefficient (Wildman–Crippen LogP) is 4.53. The predicted molar refractivity (Wildman–Crippen MR) is 112 cm³/mol. The Labute approximate surface area is 183 Å². The van der Waals surface area contributed by atoms with Gasteiger partial charge in [0.25, 0.3) is 0 Å². The normalized spacial score (nSPS) is 19.5. The van der Waals surface area contributed by atoms with Crippen LogP contribution in [0.3, 0.4) is 0 Å². The van der Waals surface area contributed by atoms with Gasteiger partial charge in [-0.05, 0) is 49.5 Å². The fraction of sp³-hybridized carbons (Fsp3) is 0.348. The van der Waals surface area contributed by atoms with Crippen LogP contribution in [0.4, 0.5) is 13.2 Å². The van der Waals surface area contributed by atoms with Gasteiger partial charge in [0.1, 0.15) is 23.5 Å². The van der Waals surface area contributed by atoms with Crippen LogP contribution in [0.15, 0.2) is 58.4 Å². The number of hydrogen-bond donors (Lipinski definition) is 1. The van der Waals surface area contributed by atoms with E-state index in [2.05, 4.69) is 10.1 Å². The first-order chi connectivity index (χ1) is 15.4. The van der Waals surface area contributed by atoms with Gasteiger partial charge in [0.15, 0.2) is 0 Å². The summed E-state index contributed by atoms with van der Waals surface area (Å²) in [7, 11) is 0. The Bertz CT molecular complexity index is 1090. The molecular weight excluding hydrogens is 421 g/mol. The fourth-order valence-corrected chi connectivity index (χ4v) is 3.98. The highest BCUT2D eigenvalue weighted by Gasteiger charge is 2.34. The van der Waals surface area contributed by atoms with Gasteiger partial charge in [-0.2, -0.15) is 4.98 Å². The molecule has 1 aliphatic heterocycles. The minimum atomic E-state index is -0.799. The Morgan fingerprint density at radius 1 is 1.25 bits per heavy atom. The summed E-state index contributed by atoms with van der Waals surface area (Å²) >= 11 is 0. The lowest BCUT2D eigenvalue weighted by Crippen LogP contribution is -2.35. The summed E-state index contributed by atoms with van der Waals surface area (Å²) in [4.78, 5) is 18.8. The number of aromatic nitrogens is 2. The molecule has 1 amide bonds. The van der Waals surface area contributed by atoms with Crippen molar-refractivity contribution in [3.8, 4) is 11.4 Å². The van der Waals surface area contributed by atoms with Crippen LogP contribution in [0.1, 0.15) is 44.0 Å². The van der Waals surface area contributed by atoms with Crippen molar-refractivity contribution in [1.29, 1.82) is 0 Å². The molecule has 0 radical (unpaired) electrons. The molecule has 1 saturated heterocycles. The molecule has 2 aromatic rings. The van der Waals surface area contributed by atoms with E-state index in [1.54, 1.807) is 17.1 Å². The lowest BCUT2D eigenvalue weighted by molar-refractivity contribution is -0.132. The van der Waals surface area contributed by atoms with Crippen molar-refractivity contribution in [3.05, 3.63) is 71.4 Å². The maximum atomic E-state index is 14.1. The SMILES string of the molecule is NC(CC(=O)N1CCC[C@H]1c1nc(-c2ccc(F)cc2F)no1)CC1=C(F)C=CCC=C1. The lowest BCUT2D eigenvalue weighted by Gasteiger charge is -2.23. The summed E-state index contributed by atoms with van der Waals surface area (Å²) in [6.07, 6.45) is 8.97. The van der Waals surface area contributed by atoms with E-state index in [9.17, 15) is 18.0 Å². The van der Waals surface area contributed by atoms with Gasteiger partial charge in [-0.1, -0.05) is 23.4 Å². The lowest BCUT2D eigenvalue weighted by atomic mass is 10.0. The monoisotopic (exact) mass is 444 g/mol. The van der Waals surface area contributed by atoms with Gasteiger partial charge in [-0.3, -0.25) is 4.79 Å². The third-order valence-electron chi connectivity index (χ3n) is 5.55. The first-order valence-corrected chi connectivity index (χ1v) is 10.5. The summed E-state index contributed by atoms with van der Waals surface area (Å²) < 4.78 is 46.6. The molecule has 9 heteroatoms. The molecule has 0 bridgehead atoms. The molecule has 1 aliphatic carbocycles. The molecule has 6 nitrogen and oxygen atoms in total. The second-order valence-corrected chi connectivity index (χ2v) is 7.91. The van der Waals surface area contributed by atoms with Gasteiger partial charge in [-0.25, -0.2) is 13.2 Å². The number of nitrogens with two attached hydrogens (primary N) is 1. The highest BCUT2D eigenvalue weighted by atomic mass is 19.1. The largest absolute Gasteiger partial charge is 0.337 e. The van der Waals surface area contributed by atoms with E-state index in [0.717, 1.165) is 18.6 Å². The van der Waals surface area contributed by atoms with E-state index in [1.165, 1.54) is 12.1 Å². The standard InChI is InChI=1S/C23H23F3N4O2/c24-15-8-9-17(19(26)12-15)22-28-23(32-29-22)20-7-4-10-30(20)21(31)13-16(27)11-14-5-2-1-3-6-18(14)25/h2-3,5-6,8-9,12,16,20H,1,4,7,10-11,13,27H2/t16?,20-/m0/s1. The number of rotatable bonds is 6. The first kappa shape index (κ1) is 22.0. The number of allylic oxidation sites excluding steroid dienone is 5. The molecule has 2 atom stereocenters. The van der Waals surface area contributed by atoms with Gasteiger partial charge in [0.05, 0.1) is 5.56 Å². The second-order valence-electron chi connectivity index (χ2n) is 7.91. The molecule has 0 spiro atoms. The number of hydrogen-bond acceptors (Lipinski definition) is 5. The molecule has 4 rings (SSSR count). The maximum Gasteiger partial charge on any atom is 0.249 e. The van der Waals surface area contributed by atoms with Crippen LogP contribution >= 0.6 is 0 Å². The van der Waals surface area contributed by atoms with Crippen LogP contribution in [0.2, 0.25) is 0 Å². The molecule has 1 aromatic carbocycles. The quantitative estimate of drug-likeness (QED) is 0.708. The molecule has 168 valence electrons. The molecule has 1 aromatic heterocycles. The van der Waals surface area contributed by atoms with Crippen LogP contribution in [-0.4, -0.2) is 33.5 Å². The Hall–Kier alpha value is -3.20. The van der Waals surface area contributed by atoms with Crippen LogP contribution < -0.4 is 5.73 Å². The van der Waals surface area contributed by atoms with Gasteiger partial charge >= 0.3 is 0 Å². The zero-order chi connectivity index (χ0) is 22.7. The smallest absolute Gasteiger partial charge is 0.249 e. The first-order valence-electron chi connectivity index (χ1n) is 10.5. The van der Waals surface area contributed by atoms with Gasteiger partial charge < -0.3 is 15.2 Å². The zero-order valence-corrected chi connectivity index (χ0v) is 17.3. The zero-order valence-electron chi connectivity index (χ0n) is 17.3. The molecule has 2 aliphatic rings. The third-order valence-corrected chi connectivity index (χ3v) is 5.55. The Balaban J connectivity index is 1.44. The number of amides is 1. The summed E-state index contributed by atoms with van der Waals surface area (Å²) in [5.41, 5.74) is 6.64. The number of benzene rings is 1. The number of halogens is 3. The number of likely N-dealkylation sites (tertiary alicyclic amines) is 1. The minimum absolute atomic E-state index is 0.0101. The van der Waals surface area contributed by atoms with E-state index in [0.29, 0.717) is 25.0 Å². The van der Waals surface area contributed by atoms with Crippen LogP contribution in [0.25, 0.3) is 11.4 Å². The van der Waals surface area contributed by atoms with E-state index in [4.69, 9.17) is 10.3 Å². The van der Waals surface area contributed by atoms with Crippen molar-refractivity contribution in [2.75, 3.05) is 6.54 Å². The molecule has 2 N–H and O–H groups in total. The highest BCUT2D eigenvalue weighted by molar-refractivity contribution is 5.77. The van der Waals surface area contributed by atoms with Crippen molar-refractivity contribution >= 4 is 5.91 Å². The molecule has 1 fully saturated rings. The van der Waals surface area contributed by atoms with E-state index in [1.807, 2.05) is 6.08 Å². The third kappa shape index (κ3) is 4.83. The summed E-state index contributed by atoms with van der Waals surface area (Å²) in [6.45, 7) is 0.499. The van der Waals surface area contributed by atoms with Crippen LogP contribution in [0.5, 0.6) is 0 Å². The summed E-state index contributed by atoms with van der Waals surface area (Å²) in [5.74, 6) is -1.86. The Morgan fingerprint density at radius 2 is 2.06 bits per heavy atom. The fourth-order valence-electron chi connectivity index (χ4n) is 3.98. The van der Waals surface area contributed by atoms with Crippen LogP contribution in [0, 0.1) is 11.6 Å². The topological polar surface area (TPSA) is 85.3 Å². The number of nitrogens with zero attached hydrogens (tertiary/aromatic N) is 3. The van der Waals surface area contributed by atoms with Crippen molar-refractivity contribution < 1.29 is 22.5 Å². The second kappa shape index (κ2) is 9.52. The van der Waals surface area contributed by atoms with Crippen molar-refractivity contribution in [3.63, 3.8) is 0 Å². The van der Waals surface area contributed by atoms with Crippen molar-refractivity contribution in [1.82, 2.24) is 15.0 Å². The highest BCUT2D eigenvalue weighted by Crippen LogP contribution is 2.33. The Kier molecular flexibility index (Phi) is 6.55. The molecular formula is C23H23F3N4O2. The van der Waals surface area contributed by atoms with Gasteiger partial charge in [0, 0.05) is 25.1 Å². The molecule has 0 saturated carbocycles. The average Bonchev–Trinajstić information content (AvgIpc) is 3.37. The Morgan fingerprint density at radius 3 is 2.88 bits per heavy atom. The van der Waals surface area contributed by atoms with Gasteiger partial charge in [0.2, 0.25) is 17.6 Å². The van der Waals surface area contributed by atoms with Gasteiger partial charge in [-0.15, -0.1) is 0 Å². The summed E-state index contributed by atoms with van der Waals surface area (Å²) in [5, 5.41) is 3.80. The van der Waals surface area contributed by atoms with Crippen molar-refractivity contribution in [2.45, 2.75) is 44.2 Å². The van der Waals surface area contributed by atoms with Crippen LogP contribution in [-0.2, 0) is 4.79 Å². The molecule has 2 heterocycles. The van der Waals surface area contributed by atoms with E-state index >= 15 is 0 Å². The van der Waals surface area contributed by atoms with E-state index in [-0.39, 0.29) is 41.9 Å². The molecule has 1 unspecified atom stereocenters. The molecule has 32 heavy (non-hydrogen) atoms. The minimum Gasteiger partial charge on any atom is -0.337 e. The summed E-state index contributed by atoms with van der Waals surface area (Å²) in [6, 6.07) is 2.10. The van der Waals surface area contributed by atoms with E-state index < -0.39 is 23.7 Å². The maximum absolute atomic E-state index is 14.1. The number of carbonyl (C=O) groups is 1. The average molecular weight is 444 g/mol.